The minimum absolute atomic E-state index is 0.0866. The van der Waals surface area contributed by atoms with Crippen molar-refractivity contribution in [3.63, 3.8) is 0 Å². The number of hydrogen-bond donors (Lipinski definition) is 1. The third-order valence-electron chi connectivity index (χ3n) is 1.91. The van der Waals surface area contributed by atoms with Crippen molar-refractivity contribution in [2.24, 2.45) is 5.92 Å². The molecule has 0 aliphatic rings. The highest BCUT2D eigenvalue weighted by Gasteiger charge is 2.31. The summed E-state index contributed by atoms with van der Waals surface area (Å²) in [6.45, 7) is 4.15. The van der Waals surface area contributed by atoms with E-state index >= 15 is 0 Å². The highest BCUT2D eigenvalue weighted by molar-refractivity contribution is 5.54. The molecule has 5 heteroatoms. The first-order chi connectivity index (χ1) is 7.30. The number of nitrogens with two attached hydrogens (primary N) is 1. The van der Waals surface area contributed by atoms with Gasteiger partial charge in [-0.1, -0.05) is 13.8 Å². The van der Waals surface area contributed by atoms with Crippen LogP contribution in [0.3, 0.4) is 0 Å². The van der Waals surface area contributed by atoms with Crippen LogP contribution in [0.25, 0.3) is 0 Å². The van der Waals surface area contributed by atoms with Gasteiger partial charge < -0.3 is 10.5 Å². The molecular weight excluding hydrogens is 219 g/mol. The molecule has 1 rings (SSSR count). The van der Waals surface area contributed by atoms with Crippen LogP contribution in [-0.4, -0.2) is 6.61 Å². The lowest BCUT2D eigenvalue weighted by Gasteiger charge is -2.13. The van der Waals surface area contributed by atoms with E-state index in [0.29, 0.717) is 6.61 Å². The average Bonchev–Trinajstić information content (AvgIpc) is 2.14. The SMILES string of the molecule is CC(C)COc1cc(C(F)(F)F)ccc1N. The molecule has 16 heavy (non-hydrogen) atoms. The zero-order valence-corrected chi connectivity index (χ0v) is 9.14. The van der Waals surface area contributed by atoms with Gasteiger partial charge in [-0.3, -0.25) is 0 Å². The van der Waals surface area contributed by atoms with Gasteiger partial charge in [-0.25, -0.2) is 0 Å². The summed E-state index contributed by atoms with van der Waals surface area (Å²) < 4.78 is 42.4. The van der Waals surface area contributed by atoms with Gasteiger partial charge in [0.1, 0.15) is 5.75 Å². The quantitative estimate of drug-likeness (QED) is 0.813. The summed E-state index contributed by atoms with van der Waals surface area (Å²) in [6.07, 6.45) is -4.37. The van der Waals surface area contributed by atoms with E-state index in [1.807, 2.05) is 13.8 Å². The first-order valence-corrected chi connectivity index (χ1v) is 4.90. The second-order valence-electron chi connectivity index (χ2n) is 3.96. The lowest BCUT2D eigenvalue weighted by Crippen LogP contribution is -2.09. The van der Waals surface area contributed by atoms with Crippen molar-refractivity contribution in [1.29, 1.82) is 0 Å². The molecule has 0 saturated heterocycles. The van der Waals surface area contributed by atoms with Crippen LogP contribution in [0, 0.1) is 5.92 Å². The smallest absolute Gasteiger partial charge is 0.416 e. The Morgan fingerprint density at radius 3 is 2.44 bits per heavy atom. The van der Waals surface area contributed by atoms with Crippen molar-refractivity contribution >= 4 is 5.69 Å². The maximum atomic E-state index is 12.4. The molecule has 0 unspecified atom stereocenters. The van der Waals surface area contributed by atoms with E-state index in [9.17, 15) is 13.2 Å². The summed E-state index contributed by atoms with van der Waals surface area (Å²) in [4.78, 5) is 0. The largest absolute Gasteiger partial charge is 0.491 e. The molecule has 90 valence electrons. The molecular formula is C11H14F3NO. The second-order valence-corrected chi connectivity index (χ2v) is 3.96. The van der Waals surface area contributed by atoms with Crippen LogP contribution in [0.15, 0.2) is 18.2 Å². The normalized spacial score (nSPS) is 11.9. The summed E-state index contributed by atoms with van der Waals surface area (Å²) in [5, 5.41) is 0. The lowest BCUT2D eigenvalue weighted by atomic mass is 10.2. The highest BCUT2D eigenvalue weighted by Crippen LogP contribution is 2.34. The van der Waals surface area contributed by atoms with Crippen LogP contribution in [0.5, 0.6) is 5.75 Å². The molecule has 1 aromatic rings. The van der Waals surface area contributed by atoms with Gasteiger partial charge in [0.2, 0.25) is 0 Å². The molecule has 0 bridgehead atoms. The predicted molar refractivity (Wildman–Crippen MR) is 56.2 cm³/mol. The number of benzene rings is 1. The fraction of sp³-hybridized carbons (Fsp3) is 0.455. The molecule has 0 radical (unpaired) electrons. The van der Waals surface area contributed by atoms with Crippen molar-refractivity contribution in [1.82, 2.24) is 0 Å². The molecule has 0 saturated carbocycles. The molecule has 0 spiro atoms. The van der Waals surface area contributed by atoms with Crippen molar-refractivity contribution in [3.05, 3.63) is 23.8 Å². The Bertz CT molecular complexity index is 361. The van der Waals surface area contributed by atoms with Crippen LogP contribution < -0.4 is 10.5 Å². The fourth-order valence-corrected chi connectivity index (χ4v) is 1.09. The Kier molecular flexibility index (Phi) is 3.67. The van der Waals surface area contributed by atoms with Crippen LogP contribution in [-0.2, 0) is 6.18 Å². The van der Waals surface area contributed by atoms with Gasteiger partial charge in [-0.2, -0.15) is 13.2 Å². The van der Waals surface area contributed by atoms with E-state index < -0.39 is 11.7 Å². The number of ether oxygens (including phenoxy) is 1. The lowest BCUT2D eigenvalue weighted by molar-refractivity contribution is -0.137. The number of anilines is 1. The number of hydrogen-bond acceptors (Lipinski definition) is 2. The molecule has 1 aromatic carbocycles. The fourth-order valence-electron chi connectivity index (χ4n) is 1.09. The van der Waals surface area contributed by atoms with Crippen LogP contribution in [0.4, 0.5) is 18.9 Å². The minimum atomic E-state index is -4.37. The van der Waals surface area contributed by atoms with Gasteiger partial charge >= 0.3 is 6.18 Å². The molecule has 2 N–H and O–H groups in total. The first-order valence-electron chi connectivity index (χ1n) is 4.90. The molecule has 0 aromatic heterocycles. The average molecular weight is 233 g/mol. The van der Waals surface area contributed by atoms with Crippen LogP contribution >= 0.6 is 0 Å². The summed E-state index contributed by atoms with van der Waals surface area (Å²) in [5.74, 6) is 0.317. The predicted octanol–water partition coefficient (Wildman–Crippen LogP) is 3.32. The molecule has 0 aliphatic carbocycles. The highest BCUT2D eigenvalue weighted by atomic mass is 19.4. The maximum Gasteiger partial charge on any atom is 0.416 e. The van der Waals surface area contributed by atoms with Gasteiger partial charge in [0.25, 0.3) is 0 Å². The van der Waals surface area contributed by atoms with Crippen molar-refractivity contribution < 1.29 is 17.9 Å². The topological polar surface area (TPSA) is 35.2 Å². The van der Waals surface area contributed by atoms with Crippen molar-refractivity contribution in [2.75, 3.05) is 12.3 Å². The van der Waals surface area contributed by atoms with Crippen LogP contribution in [0.1, 0.15) is 19.4 Å². The van der Waals surface area contributed by atoms with E-state index in [1.54, 1.807) is 0 Å². The summed E-state index contributed by atoms with van der Waals surface area (Å²) >= 11 is 0. The first kappa shape index (κ1) is 12.7. The van der Waals surface area contributed by atoms with Crippen molar-refractivity contribution in [2.45, 2.75) is 20.0 Å². The van der Waals surface area contributed by atoms with Crippen LogP contribution in [0.2, 0.25) is 0 Å². The number of nitrogen functional groups attached to an aromatic ring is 1. The maximum absolute atomic E-state index is 12.4. The molecule has 2 nitrogen and oxygen atoms in total. The number of halogens is 3. The van der Waals surface area contributed by atoms with Crippen molar-refractivity contribution in [3.8, 4) is 5.75 Å². The Morgan fingerprint density at radius 2 is 1.94 bits per heavy atom. The monoisotopic (exact) mass is 233 g/mol. The van der Waals surface area contributed by atoms with Gasteiger partial charge in [0, 0.05) is 0 Å². The zero-order valence-electron chi connectivity index (χ0n) is 9.14. The summed E-state index contributed by atoms with van der Waals surface area (Å²) in [7, 11) is 0. The minimum Gasteiger partial charge on any atom is -0.491 e. The van der Waals surface area contributed by atoms with E-state index in [2.05, 4.69) is 0 Å². The van der Waals surface area contributed by atoms with E-state index in [1.165, 1.54) is 6.07 Å². The second kappa shape index (κ2) is 4.63. The van der Waals surface area contributed by atoms with E-state index in [4.69, 9.17) is 10.5 Å². The third kappa shape index (κ3) is 3.32. The zero-order chi connectivity index (χ0) is 12.3. The van der Waals surface area contributed by atoms with Gasteiger partial charge in [0.05, 0.1) is 17.9 Å². The Labute approximate surface area is 92.2 Å². The summed E-state index contributed by atoms with van der Waals surface area (Å²) in [5.41, 5.74) is 4.99. The standard InChI is InChI=1S/C11H14F3NO/c1-7(2)6-16-10-5-8(11(12,13)14)3-4-9(10)15/h3-5,7H,6,15H2,1-2H3. The van der Waals surface area contributed by atoms with E-state index in [0.717, 1.165) is 12.1 Å². The third-order valence-corrected chi connectivity index (χ3v) is 1.91. The van der Waals surface area contributed by atoms with Gasteiger partial charge in [0.15, 0.2) is 0 Å². The van der Waals surface area contributed by atoms with E-state index in [-0.39, 0.29) is 17.4 Å². The Hall–Kier alpha value is -1.39. The van der Waals surface area contributed by atoms with Gasteiger partial charge in [-0.15, -0.1) is 0 Å². The number of alkyl halides is 3. The summed E-state index contributed by atoms with van der Waals surface area (Å²) in [6, 6.07) is 3.08. The Balaban J connectivity index is 2.91. The molecule has 0 amide bonds. The number of rotatable bonds is 3. The molecule has 0 heterocycles. The molecule has 0 atom stereocenters. The molecule has 0 aliphatic heterocycles. The Morgan fingerprint density at radius 1 is 1.31 bits per heavy atom. The molecule has 0 fully saturated rings. The van der Waals surface area contributed by atoms with Gasteiger partial charge in [-0.05, 0) is 24.1 Å².